The van der Waals surface area contributed by atoms with Crippen molar-refractivity contribution in [2.75, 3.05) is 0 Å². The van der Waals surface area contributed by atoms with E-state index in [1.807, 2.05) is 0 Å². The highest BCUT2D eigenvalue weighted by Crippen LogP contribution is 2.32. The molecule has 21 heavy (non-hydrogen) atoms. The summed E-state index contributed by atoms with van der Waals surface area (Å²) in [5.74, 6) is -0.919. The number of nitro benzene ring substituents is 1. The van der Waals surface area contributed by atoms with Gasteiger partial charge in [-0.15, -0.1) is 0 Å². The summed E-state index contributed by atoms with van der Waals surface area (Å²) in [4.78, 5) is 14.0. The topological polar surface area (TPSA) is 75.7 Å². The summed E-state index contributed by atoms with van der Waals surface area (Å²) in [7, 11) is 0. The molecule has 0 aliphatic carbocycles. The highest BCUT2D eigenvalue weighted by Gasteiger charge is 2.17. The molecule has 2 rings (SSSR count). The maximum absolute atomic E-state index is 13.4. The number of nitro groups is 1. The quantitative estimate of drug-likeness (QED) is 0.531. The van der Waals surface area contributed by atoms with Crippen LogP contribution in [-0.2, 0) is 6.54 Å². The zero-order valence-electron chi connectivity index (χ0n) is 10.7. The molecular weight excluding hydrogens is 299 g/mol. The fraction of sp³-hybridized carbons (Fsp3) is 0.0714. The van der Waals surface area contributed by atoms with E-state index in [0.717, 1.165) is 6.07 Å². The van der Waals surface area contributed by atoms with Gasteiger partial charge >= 0.3 is 5.69 Å². The number of phenols is 1. The molecule has 0 amide bonds. The Balaban J connectivity index is 2.26. The molecule has 0 unspecified atom stereocenters. The zero-order chi connectivity index (χ0) is 15.4. The number of hydrogen-bond acceptors (Lipinski definition) is 4. The van der Waals surface area contributed by atoms with E-state index in [2.05, 4.69) is 4.99 Å². The highest BCUT2D eigenvalue weighted by atomic mass is 35.5. The van der Waals surface area contributed by atoms with E-state index in [1.165, 1.54) is 18.3 Å². The van der Waals surface area contributed by atoms with E-state index in [4.69, 9.17) is 11.6 Å². The smallest absolute Gasteiger partial charge is 0.312 e. The number of phenolic OH excluding ortho intramolecular Hbond substituents is 1. The first-order chi connectivity index (χ1) is 9.99. The van der Waals surface area contributed by atoms with E-state index in [-0.39, 0.29) is 17.1 Å². The van der Waals surface area contributed by atoms with Crippen molar-refractivity contribution in [3.05, 3.63) is 68.5 Å². The number of halogens is 2. The lowest BCUT2D eigenvalue weighted by Gasteiger charge is -2.02. The molecule has 5 nitrogen and oxygen atoms in total. The average Bonchev–Trinajstić information content (AvgIpc) is 2.44. The monoisotopic (exact) mass is 308 g/mol. The van der Waals surface area contributed by atoms with E-state index < -0.39 is 22.2 Å². The Hall–Kier alpha value is -2.47. The van der Waals surface area contributed by atoms with Crippen molar-refractivity contribution in [3.63, 3.8) is 0 Å². The minimum Gasteiger partial charge on any atom is -0.502 e. The Labute approximate surface area is 124 Å². The van der Waals surface area contributed by atoms with Crippen molar-refractivity contribution < 1.29 is 14.4 Å². The number of nitrogens with zero attached hydrogens (tertiary/aromatic N) is 2. The van der Waals surface area contributed by atoms with E-state index >= 15 is 0 Å². The summed E-state index contributed by atoms with van der Waals surface area (Å²) < 4.78 is 13.4. The Kier molecular flexibility index (Phi) is 4.49. The number of benzene rings is 2. The second-order valence-electron chi connectivity index (χ2n) is 4.18. The Morgan fingerprint density at radius 2 is 2.10 bits per heavy atom. The Morgan fingerprint density at radius 3 is 2.76 bits per heavy atom. The molecule has 0 aliphatic rings. The van der Waals surface area contributed by atoms with Crippen molar-refractivity contribution in [1.29, 1.82) is 0 Å². The number of rotatable bonds is 4. The lowest BCUT2D eigenvalue weighted by Crippen LogP contribution is -1.93. The fourth-order valence-corrected chi connectivity index (χ4v) is 1.93. The normalized spacial score (nSPS) is 11.0. The first-order valence-electron chi connectivity index (χ1n) is 5.89. The second kappa shape index (κ2) is 6.32. The largest absolute Gasteiger partial charge is 0.502 e. The Bertz CT molecular complexity index is 719. The molecule has 0 atom stereocenters. The molecule has 7 heteroatoms. The fourth-order valence-electron chi connectivity index (χ4n) is 1.71. The van der Waals surface area contributed by atoms with Gasteiger partial charge in [-0.25, -0.2) is 4.39 Å². The summed E-state index contributed by atoms with van der Waals surface area (Å²) in [6, 6.07) is 8.52. The van der Waals surface area contributed by atoms with Crippen molar-refractivity contribution in [2.45, 2.75) is 6.54 Å². The van der Waals surface area contributed by atoms with Gasteiger partial charge in [-0.2, -0.15) is 0 Å². The van der Waals surface area contributed by atoms with Crippen LogP contribution < -0.4 is 0 Å². The summed E-state index contributed by atoms with van der Waals surface area (Å²) in [6.07, 6.45) is 1.22. The van der Waals surface area contributed by atoms with Crippen molar-refractivity contribution in [3.8, 4) is 5.75 Å². The van der Waals surface area contributed by atoms with Crippen molar-refractivity contribution >= 4 is 23.5 Å². The van der Waals surface area contributed by atoms with Gasteiger partial charge in [0.05, 0.1) is 11.5 Å². The van der Waals surface area contributed by atoms with Crippen LogP contribution >= 0.6 is 11.6 Å². The van der Waals surface area contributed by atoms with Gasteiger partial charge in [0.15, 0.2) is 0 Å². The van der Waals surface area contributed by atoms with Crippen molar-refractivity contribution in [2.24, 2.45) is 4.99 Å². The van der Waals surface area contributed by atoms with Gasteiger partial charge in [-0.3, -0.25) is 15.1 Å². The van der Waals surface area contributed by atoms with Gasteiger partial charge in [0.25, 0.3) is 0 Å². The minimum absolute atomic E-state index is 0.0480. The Morgan fingerprint density at radius 1 is 1.38 bits per heavy atom. The van der Waals surface area contributed by atoms with E-state index in [0.29, 0.717) is 5.56 Å². The predicted octanol–water partition coefficient (Wildman–Crippen LogP) is 3.71. The summed E-state index contributed by atoms with van der Waals surface area (Å²) >= 11 is 5.75. The minimum atomic E-state index is -0.741. The van der Waals surface area contributed by atoms with Crippen LogP contribution in [0.4, 0.5) is 10.1 Å². The van der Waals surface area contributed by atoms with Gasteiger partial charge < -0.3 is 5.11 Å². The SMILES string of the molecule is O=[N+]([O-])c1cc(Cl)cc(C=NCc2ccccc2F)c1O. The molecule has 0 fully saturated rings. The molecule has 0 spiro atoms. The van der Waals surface area contributed by atoms with Gasteiger partial charge in [0.1, 0.15) is 5.82 Å². The number of hydrogen-bond donors (Lipinski definition) is 1. The predicted molar refractivity (Wildman–Crippen MR) is 77.5 cm³/mol. The van der Waals surface area contributed by atoms with Crippen LogP contribution in [0.2, 0.25) is 5.02 Å². The third-order valence-electron chi connectivity index (χ3n) is 2.73. The maximum Gasteiger partial charge on any atom is 0.312 e. The molecule has 0 saturated heterocycles. The van der Waals surface area contributed by atoms with Crippen LogP contribution in [-0.4, -0.2) is 16.2 Å². The molecule has 1 N–H and O–H groups in total. The molecule has 0 aromatic heterocycles. The zero-order valence-corrected chi connectivity index (χ0v) is 11.4. The van der Waals surface area contributed by atoms with Gasteiger partial charge in [-0.1, -0.05) is 29.8 Å². The van der Waals surface area contributed by atoms with Gasteiger partial charge in [0, 0.05) is 28.4 Å². The van der Waals surface area contributed by atoms with Gasteiger partial charge in [0.2, 0.25) is 5.75 Å². The molecule has 2 aromatic rings. The highest BCUT2D eigenvalue weighted by molar-refractivity contribution is 6.31. The van der Waals surface area contributed by atoms with Crippen LogP contribution in [0.3, 0.4) is 0 Å². The van der Waals surface area contributed by atoms with Crippen LogP contribution in [0.5, 0.6) is 5.75 Å². The molecule has 0 saturated carbocycles. The summed E-state index contributed by atoms with van der Waals surface area (Å²) in [6.45, 7) is 0.0480. The standard InChI is InChI=1S/C14H10ClFN2O3/c15-11-5-10(14(19)13(6-11)18(20)21)8-17-7-9-3-1-2-4-12(9)16/h1-6,8,19H,7H2. The molecule has 0 radical (unpaired) electrons. The second-order valence-corrected chi connectivity index (χ2v) is 4.62. The summed E-state index contributed by atoms with van der Waals surface area (Å²) in [5, 5.41) is 20.6. The first kappa shape index (κ1) is 14.9. The van der Waals surface area contributed by atoms with Crippen molar-refractivity contribution in [1.82, 2.24) is 0 Å². The molecular formula is C14H10ClFN2O3. The van der Waals surface area contributed by atoms with Crippen LogP contribution in [0.15, 0.2) is 41.4 Å². The molecule has 2 aromatic carbocycles. The third kappa shape index (κ3) is 3.55. The number of aromatic hydroxyl groups is 1. The lowest BCUT2D eigenvalue weighted by atomic mass is 10.2. The summed E-state index contributed by atoms with van der Waals surface area (Å²) in [5.41, 5.74) is -0.0230. The molecule has 108 valence electrons. The number of aliphatic imine (C=N–C) groups is 1. The van der Waals surface area contributed by atoms with Crippen LogP contribution in [0.1, 0.15) is 11.1 Å². The first-order valence-corrected chi connectivity index (χ1v) is 6.27. The lowest BCUT2D eigenvalue weighted by molar-refractivity contribution is -0.385. The average molecular weight is 309 g/mol. The molecule has 0 aliphatic heterocycles. The maximum atomic E-state index is 13.4. The van der Waals surface area contributed by atoms with E-state index in [9.17, 15) is 19.6 Å². The molecule has 0 bridgehead atoms. The van der Waals surface area contributed by atoms with E-state index in [1.54, 1.807) is 18.2 Å². The third-order valence-corrected chi connectivity index (χ3v) is 2.95. The van der Waals surface area contributed by atoms with Gasteiger partial charge in [-0.05, 0) is 12.1 Å². The molecule has 0 heterocycles. The van der Waals surface area contributed by atoms with Crippen LogP contribution in [0.25, 0.3) is 0 Å². The van der Waals surface area contributed by atoms with Crippen LogP contribution in [0, 0.1) is 15.9 Å².